The standard InChI is InChI=1S/C24H25N7O3/c1-3-19(32)30-12-4-5-17(30)23-29-20(21(22(25)33)31(23)26)15-6-8-16(9-7-15)24(34)28-18-13-14(2)10-11-27-18/h3,6-11,13,17H,1,4-5,12,26H2,2H3,(H2,25,33)(H,27,28,34)/t17-/m0/s1. The highest BCUT2D eigenvalue weighted by Gasteiger charge is 2.34. The predicted octanol–water partition coefficient (Wildman–Crippen LogP) is 2.17. The van der Waals surface area contributed by atoms with E-state index in [1.165, 1.54) is 6.08 Å². The minimum atomic E-state index is -0.747. The number of primary amides is 1. The predicted molar refractivity (Wildman–Crippen MR) is 127 cm³/mol. The van der Waals surface area contributed by atoms with Gasteiger partial charge >= 0.3 is 0 Å². The van der Waals surface area contributed by atoms with E-state index in [0.717, 1.165) is 16.7 Å². The number of anilines is 1. The molecular weight excluding hydrogens is 434 g/mol. The highest BCUT2D eigenvalue weighted by molar-refractivity contribution is 6.04. The minimum Gasteiger partial charge on any atom is -0.364 e. The number of aryl methyl sites for hydroxylation is 1. The molecule has 10 nitrogen and oxygen atoms in total. The van der Waals surface area contributed by atoms with Crippen molar-refractivity contribution in [3.05, 3.63) is 77.9 Å². The van der Waals surface area contributed by atoms with E-state index in [2.05, 4.69) is 21.9 Å². The van der Waals surface area contributed by atoms with Gasteiger partial charge < -0.3 is 21.8 Å². The number of rotatable bonds is 6. The van der Waals surface area contributed by atoms with E-state index in [1.807, 2.05) is 13.0 Å². The van der Waals surface area contributed by atoms with Crippen molar-refractivity contribution in [2.24, 2.45) is 5.73 Å². The summed E-state index contributed by atoms with van der Waals surface area (Å²) in [5.41, 5.74) is 7.86. The zero-order valence-corrected chi connectivity index (χ0v) is 18.7. The molecule has 0 spiro atoms. The van der Waals surface area contributed by atoms with Gasteiger partial charge in [-0.25, -0.2) is 14.6 Å². The SMILES string of the molecule is C=CC(=O)N1CCC[C@H]1c1nc(-c2ccc(C(=O)Nc3cc(C)ccn3)cc2)c(C(N)=O)n1N. The third-order valence-corrected chi connectivity index (χ3v) is 5.76. The Balaban J connectivity index is 1.64. The van der Waals surface area contributed by atoms with Crippen molar-refractivity contribution in [1.29, 1.82) is 0 Å². The Morgan fingerprint density at radius 3 is 2.59 bits per heavy atom. The highest BCUT2D eigenvalue weighted by Crippen LogP contribution is 2.34. The number of hydrogen-bond donors (Lipinski definition) is 3. The van der Waals surface area contributed by atoms with E-state index in [9.17, 15) is 14.4 Å². The molecule has 1 aromatic carbocycles. The fraction of sp³-hybridized carbons (Fsp3) is 0.208. The van der Waals surface area contributed by atoms with Crippen molar-refractivity contribution < 1.29 is 14.4 Å². The number of nitrogens with one attached hydrogen (secondary N) is 1. The van der Waals surface area contributed by atoms with Crippen LogP contribution in [0.5, 0.6) is 0 Å². The van der Waals surface area contributed by atoms with Gasteiger partial charge in [0, 0.05) is 23.9 Å². The molecule has 0 radical (unpaired) electrons. The molecule has 2 aromatic heterocycles. The van der Waals surface area contributed by atoms with Crippen LogP contribution < -0.4 is 16.9 Å². The second kappa shape index (κ2) is 9.18. The number of carbonyl (C=O) groups is 3. The van der Waals surface area contributed by atoms with Crippen LogP contribution >= 0.6 is 0 Å². The summed E-state index contributed by atoms with van der Waals surface area (Å²) < 4.78 is 1.15. The van der Waals surface area contributed by atoms with Gasteiger partial charge in [-0.1, -0.05) is 18.7 Å². The summed E-state index contributed by atoms with van der Waals surface area (Å²) in [5, 5.41) is 2.75. The molecule has 10 heteroatoms. The lowest BCUT2D eigenvalue weighted by Gasteiger charge is -2.22. The Bertz CT molecular complexity index is 1280. The average Bonchev–Trinajstić information content (AvgIpc) is 3.43. The highest BCUT2D eigenvalue weighted by atomic mass is 16.2. The molecule has 0 bridgehead atoms. The zero-order chi connectivity index (χ0) is 24.4. The third kappa shape index (κ3) is 4.25. The van der Waals surface area contributed by atoms with E-state index >= 15 is 0 Å². The second-order valence-corrected chi connectivity index (χ2v) is 8.05. The maximum atomic E-state index is 12.6. The minimum absolute atomic E-state index is 0.0223. The van der Waals surface area contributed by atoms with Crippen molar-refractivity contribution in [2.75, 3.05) is 17.7 Å². The molecule has 34 heavy (non-hydrogen) atoms. The van der Waals surface area contributed by atoms with Crippen molar-refractivity contribution in [2.45, 2.75) is 25.8 Å². The Morgan fingerprint density at radius 1 is 1.21 bits per heavy atom. The van der Waals surface area contributed by atoms with Crippen LogP contribution in [0, 0.1) is 6.92 Å². The normalized spacial score (nSPS) is 15.2. The Labute approximate surface area is 196 Å². The lowest BCUT2D eigenvalue weighted by atomic mass is 10.1. The van der Waals surface area contributed by atoms with Gasteiger partial charge in [0.2, 0.25) is 5.91 Å². The van der Waals surface area contributed by atoms with Gasteiger partial charge in [-0.05, 0) is 55.7 Å². The molecule has 1 aliphatic rings. The number of hydrogen-bond acceptors (Lipinski definition) is 6. The molecule has 1 atom stereocenters. The van der Waals surface area contributed by atoms with Gasteiger partial charge in [-0.15, -0.1) is 0 Å². The van der Waals surface area contributed by atoms with Crippen LogP contribution in [0.25, 0.3) is 11.3 Å². The van der Waals surface area contributed by atoms with Gasteiger partial charge in [0.1, 0.15) is 11.5 Å². The van der Waals surface area contributed by atoms with Gasteiger partial charge in [0.05, 0.1) is 6.04 Å². The molecule has 3 aromatic rings. The van der Waals surface area contributed by atoms with E-state index in [4.69, 9.17) is 11.6 Å². The lowest BCUT2D eigenvalue weighted by Crippen LogP contribution is -2.32. The largest absolute Gasteiger partial charge is 0.364 e. The number of nitrogens with zero attached hydrogens (tertiary/aromatic N) is 4. The first kappa shape index (κ1) is 22.7. The number of carbonyl (C=O) groups excluding carboxylic acids is 3. The Morgan fingerprint density at radius 2 is 1.94 bits per heavy atom. The number of nitrogens with two attached hydrogens (primary N) is 2. The molecular formula is C24H25N7O3. The number of aromatic nitrogens is 3. The van der Waals surface area contributed by atoms with Gasteiger partial charge in [0.25, 0.3) is 11.8 Å². The topological polar surface area (TPSA) is 149 Å². The molecule has 0 aliphatic carbocycles. The van der Waals surface area contributed by atoms with Crippen LogP contribution in [-0.4, -0.2) is 43.8 Å². The van der Waals surface area contributed by atoms with Gasteiger partial charge in [-0.3, -0.25) is 14.4 Å². The fourth-order valence-corrected chi connectivity index (χ4v) is 4.11. The monoisotopic (exact) mass is 459 g/mol. The van der Waals surface area contributed by atoms with Gasteiger partial charge in [-0.2, -0.15) is 0 Å². The van der Waals surface area contributed by atoms with Gasteiger partial charge in [0.15, 0.2) is 11.5 Å². The summed E-state index contributed by atoms with van der Waals surface area (Å²) >= 11 is 0. The molecule has 174 valence electrons. The zero-order valence-electron chi connectivity index (χ0n) is 18.7. The number of imidazole rings is 1. The first-order valence-electron chi connectivity index (χ1n) is 10.7. The van der Waals surface area contributed by atoms with E-state index < -0.39 is 11.9 Å². The van der Waals surface area contributed by atoms with Crippen molar-refractivity contribution in [1.82, 2.24) is 19.5 Å². The molecule has 4 rings (SSSR count). The van der Waals surface area contributed by atoms with E-state index in [-0.39, 0.29) is 23.2 Å². The first-order valence-corrected chi connectivity index (χ1v) is 10.7. The van der Waals surface area contributed by atoms with Crippen LogP contribution in [0.15, 0.2) is 55.3 Å². The van der Waals surface area contributed by atoms with Crippen LogP contribution in [0.2, 0.25) is 0 Å². The molecule has 0 saturated carbocycles. The smallest absolute Gasteiger partial charge is 0.269 e. The molecule has 5 N–H and O–H groups in total. The maximum Gasteiger partial charge on any atom is 0.269 e. The van der Waals surface area contributed by atoms with Crippen molar-refractivity contribution >= 4 is 23.5 Å². The molecule has 1 fully saturated rings. The molecule has 1 aliphatic heterocycles. The summed E-state index contributed by atoms with van der Waals surface area (Å²) in [6.45, 7) is 6.00. The summed E-state index contributed by atoms with van der Waals surface area (Å²) in [6, 6.07) is 9.77. The summed E-state index contributed by atoms with van der Waals surface area (Å²) in [6.07, 6.45) is 4.29. The summed E-state index contributed by atoms with van der Waals surface area (Å²) in [4.78, 5) is 47.4. The average molecular weight is 460 g/mol. The first-order chi connectivity index (χ1) is 16.3. The van der Waals surface area contributed by atoms with Crippen LogP contribution in [-0.2, 0) is 4.79 Å². The van der Waals surface area contributed by atoms with Crippen LogP contribution in [0.1, 0.15) is 51.1 Å². The number of nitrogen functional groups attached to an aromatic ring is 1. The quantitative estimate of drug-likeness (QED) is 0.380. The van der Waals surface area contributed by atoms with E-state index in [0.29, 0.717) is 35.7 Å². The number of amides is 3. The molecule has 3 heterocycles. The number of benzene rings is 1. The fourth-order valence-electron chi connectivity index (χ4n) is 4.11. The van der Waals surface area contributed by atoms with Crippen molar-refractivity contribution in [3.8, 4) is 11.3 Å². The van der Waals surface area contributed by atoms with E-state index in [1.54, 1.807) is 41.4 Å². The number of pyridine rings is 1. The number of likely N-dealkylation sites (tertiary alicyclic amines) is 1. The van der Waals surface area contributed by atoms with Crippen LogP contribution in [0.3, 0.4) is 0 Å². The second-order valence-electron chi connectivity index (χ2n) is 8.05. The summed E-state index contributed by atoms with van der Waals surface area (Å²) in [5.74, 6) is 5.73. The summed E-state index contributed by atoms with van der Waals surface area (Å²) in [7, 11) is 0. The Hall–Kier alpha value is -4.47. The molecule has 0 unspecified atom stereocenters. The third-order valence-electron chi connectivity index (χ3n) is 5.76. The maximum absolute atomic E-state index is 12.6. The van der Waals surface area contributed by atoms with Crippen molar-refractivity contribution in [3.63, 3.8) is 0 Å². The molecule has 1 saturated heterocycles. The lowest BCUT2D eigenvalue weighted by molar-refractivity contribution is -0.127. The molecule has 3 amide bonds. The van der Waals surface area contributed by atoms with Crippen LogP contribution in [0.4, 0.5) is 5.82 Å². The Kier molecular flexibility index (Phi) is 6.13.